The van der Waals surface area contributed by atoms with E-state index < -0.39 is 42.5 Å². The topological polar surface area (TPSA) is 57.7 Å². The summed E-state index contributed by atoms with van der Waals surface area (Å²) in [5.74, 6) is -2.56. The predicted molar refractivity (Wildman–Crippen MR) is 62.8 cm³/mol. The summed E-state index contributed by atoms with van der Waals surface area (Å²) in [5.41, 5.74) is -1.22. The van der Waals surface area contributed by atoms with Gasteiger partial charge in [-0.2, -0.15) is 0 Å². The monoisotopic (exact) mass is 329 g/mol. The average molecular weight is 329 g/mol. The third-order valence-electron chi connectivity index (χ3n) is 2.32. The molecule has 0 aliphatic rings. The Hall–Kier alpha value is -2.13. The van der Waals surface area contributed by atoms with E-state index >= 15 is 0 Å². The van der Waals surface area contributed by atoms with Gasteiger partial charge < -0.3 is 14.2 Å². The minimum atomic E-state index is -5.15. The molecule has 0 atom stereocenters. The van der Waals surface area contributed by atoms with E-state index in [2.05, 4.69) is 14.5 Å². The van der Waals surface area contributed by atoms with E-state index in [-0.39, 0.29) is 12.2 Å². The molecule has 0 N–H and O–H groups in total. The molecule has 0 spiro atoms. The van der Waals surface area contributed by atoms with Crippen molar-refractivity contribution in [3.8, 4) is 11.6 Å². The number of pyridine rings is 1. The number of methoxy groups -OCH3 is 1. The molecule has 0 amide bonds. The van der Waals surface area contributed by atoms with Gasteiger partial charge in [0.25, 0.3) is 12.3 Å². The summed E-state index contributed by atoms with van der Waals surface area (Å²) in [7, 11) is 0.997. The minimum Gasteiger partial charge on any atom is -0.491 e. The quantitative estimate of drug-likeness (QED) is 0.593. The lowest BCUT2D eigenvalue weighted by Gasteiger charge is -2.16. The summed E-state index contributed by atoms with van der Waals surface area (Å²) in [6.07, 6.45) is -8.86. The number of esters is 1. The van der Waals surface area contributed by atoms with Crippen LogP contribution in [-0.2, 0) is 16.0 Å². The lowest BCUT2D eigenvalue weighted by molar-refractivity contribution is -0.276. The number of hydrogen-bond donors (Lipinski definition) is 0. The molecule has 22 heavy (non-hydrogen) atoms. The van der Waals surface area contributed by atoms with Crippen LogP contribution in [0.4, 0.5) is 22.0 Å². The van der Waals surface area contributed by atoms with Crippen LogP contribution in [0.3, 0.4) is 0 Å². The molecule has 5 nitrogen and oxygen atoms in total. The van der Waals surface area contributed by atoms with Gasteiger partial charge in [-0.05, 0) is 13.0 Å². The molecule has 10 heteroatoms. The van der Waals surface area contributed by atoms with Gasteiger partial charge in [0.2, 0.25) is 0 Å². The summed E-state index contributed by atoms with van der Waals surface area (Å²) < 4.78 is 75.3. The number of alkyl halides is 5. The molecule has 0 bridgehead atoms. The van der Waals surface area contributed by atoms with Crippen molar-refractivity contribution >= 4 is 5.97 Å². The molecule has 0 aliphatic heterocycles. The summed E-state index contributed by atoms with van der Waals surface area (Å²) in [6.45, 7) is 1.55. The van der Waals surface area contributed by atoms with Crippen molar-refractivity contribution in [2.45, 2.75) is 26.1 Å². The van der Waals surface area contributed by atoms with Gasteiger partial charge >= 0.3 is 12.3 Å². The van der Waals surface area contributed by atoms with Crippen LogP contribution in [-0.4, -0.2) is 31.0 Å². The van der Waals surface area contributed by atoms with Crippen LogP contribution in [0.1, 0.15) is 24.6 Å². The second-order valence-electron chi connectivity index (χ2n) is 3.87. The largest absolute Gasteiger partial charge is 0.574 e. The molecule has 0 radical (unpaired) electrons. The fourth-order valence-corrected chi connectivity index (χ4v) is 1.59. The van der Waals surface area contributed by atoms with Gasteiger partial charge in [0.1, 0.15) is 5.69 Å². The van der Waals surface area contributed by atoms with Gasteiger partial charge in [0, 0.05) is 5.56 Å². The van der Waals surface area contributed by atoms with Crippen molar-refractivity contribution in [2.75, 3.05) is 13.7 Å². The highest BCUT2D eigenvalue weighted by atomic mass is 19.4. The Morgan fingerprint density at radius 3 is 2.45 bits per heavy atom. The lowest BCUT2D eigenvalue weighted by Crippen LogP contribution is -2.20. The molecule has 1 aromatic rings. The number of rotatable bonds is 6. The molecule has 0 aliphatic carbocycles. The first-order chi connectivity index (χ1) is 10.2. The smallest absolute Gasteiger partial charge is 0.491 e. The van der Waals surface area contributed by atoms with E-state index in [1.807, 2.05) is 0 Å². The first-order valence-corrected chi connectivity index (χ1v) is 5.95. The Labute approximate surface area is 122 Å². The maximum atomic E-state index is 12.7. The second-order valence-corrected chi connectivity index (χ2v) is 3.87. The van der Waals surface area contributed by atoms with Gasteiger partial charge in [-0.25, -0.2) is 13.8 Å². The van der Waals surface area contributed by atoms with Gasteiger partial charge in [0.15, 0.2) is 5.75 Å². The number of hydrogen-bond acceptors (Lipinski definition) is 5. The Morgan fingerprint density at radius 1 is 1.36 bits per heavy atom. The molecular formula is C12H12F5NO4. The average Bonchev–Trinajstić information content (AvgIpc) is 2.36. The van der Waals surface area contributed by atoms with Crippen LogP contribution in [0.5, 0.6) is 11.6 Å². The van der Waals surface area contributed by atoms with E-state index in [9.17, 15) is 26.7 Å². The van der Waals surface area contributed by atoms with Crippen LogP contribution in [0.2, 0.25) is 0 Å². The molecule has 1 rings (SSSR count). The summed E-state index contributed by atoms with van der Waals surface area (Å²) in [6, 6.07) is 0.768. The third-order valence-corrected chi connectivity index (χ3v) is 2.32. The Morgan fingerprint density at radius 2 is 2.00 bits per heavy atom. The van der Waals surface area contributed by atoms with Gasteiger partial charge in [-0.1, -0.05) is 0 Å². The van der Waals surface area contributed by atoms with Gasteiger partial charge in [-0.3, -0.25) is 4.79 Å². The Bertz CT molecular complexity index is 533. The Balaban J connectivity index is 3.30. The summed E-state index contributed by atoms with van der Waals surface area (Å²) in [4.78, 5) is 14.5. The van der Waals surface area contributed by atoms with Crippen molar-refractivity contribution in [3.63, 3.8) is 0 Å². The fourth-order valence-electron chi connectivity index (χ4n) is 1.59. The molecule has 124 valence electrons. The van der Waals surface area contributed by atoms with E-state index in [4.69, 9.17) is 4.74 Å². The van der Waals surface area contributed by atoms with Crippen LogP contribution >= 0.6 is 0 Å². The van der Waals surface area contributed by atoms with Crippen LogP contribution in [0.25, 0.3) is 0 Å². The predicted octanol–water partition coefficient (Wildman–Crippen LogP) is 3.03. The van der Waals surface area contributed by atoms with E-state index in [1.54, 1.807) is 0 Å². The van der Waals surface area contributed by atoms with Crippen molar-refractivity contribution < 1.29 is 41.0 Å². The first kappa shape index (κ1) is 17.9. The van der Waals surface area contributed by atoms with E-state index in [1.165, 1.54) is 6.92 Å². The molecule has 0 unspecified atom stereocenters. The van der Waals surface area contributed by atoms with Crippen LogP contribution in [0.15, 0.2) is 6.07 Å². The van der Waals surface area contributed by atoms with Crippen molar-refractivity contribution in [1.82, 2.24) is 4.98 Å². The maximum Gasteiger partial charge on any atom is 0.574 e. The summed E-state index contributed by atoms with van der Waals surface area (Å²) >= 11 is 0. The zero-order valence-electron chi connectivity index (χ0n) is 11.5. The van der Waals surface area contributed by atoms with E-state index in [0.29, 0.717) is 0 Å². The maximum absolute atomic E-state index is 12.7. The number of aromatic nitrogens is 1. The normalized spacial score (nSPS) is 11.5. The molecule has 0 saturated heterocycles. The fraction of sp³-hybridized carbons (Fsp3) is 0.500. The summed E-state index contributed by atoms with van der Waals surface area (Å²) in [5, 5.41) is 0. The number of halogens is 5. The minimum absolute atomic E-state index is 0.0276. The third kappa shape index (κ3) is 5.01. The molecule has 0 saturated carbocycles. The van der Waals surface area contributed by atoms with E-state index in [0.717, 1.165) is 13.2 Å². The molecule has 1 aromatic heterocycles. The van der Waals surface area contributed by atoms with Gasteiger partial charge in [0.05, 0.1) is 20.1 Å². The molecule has 0 fully saturated rings. The highest BCUT2D eigenvalue weighted by Gasteiger charge is 2.35. The number of nitrogens with zero attached hydrogens (tertiary/aromatic N) is 1. The van der Waals surface area contributed by atoms with Crippen molar-refractivity contribution in [3.05, 3.63) is 17.3 Å². The van der Waals surface area contributed by atoms with Crippen molar-refractivity contribution in [1.29, 1.82) is 0 Å². The number of carbonyl (C=O) groups excluding carboxylic acids is 1. The van der Waals surface area contributed by atoms with Crippen LogP contribution in [0, 0.1) is 0 Å². The Kier molecular flexibility index (Phi) is 5.89. The molecular weight excluding hydrogens is 317 g/mol. The van der Waals surface area contributed by atoms with Gasteiger partial charge in [-0.15, -0.1) is 13.2 Å². The van der Waals surface area contributed by atoms with Crippen LogP contribution < -0.4 is 9.47 Å². The molecule has 0 aromatic carbocycles. The zero-order chi connectivity index (χ0) is 16.9. The number of ether oxygens (including phenoxy) is 3. The molecule has 1 heterocycles. The lowest BCUT2D eigenvalue weighted by atomic mass is 10.1. The highest BCUT2D eigenvalue weighted by Crippen LogP contribution is 2.36. The first-order valence-electron chi connectivity index (χ1n) is 5.95. The second kappa shape index (κ2) is 7.23. The SMILES string of the molecule is CCOC(=O)Cc1cc(C(F)F)nc(OC(F)(F)F)c1OC. The van der Waals surface area contributed by atoms with Crippen molar-refractivity contribution in [2.24, 2.45) is 0 Å². The number of carbonyl (C=O) groups is 1. The highest BCUT2D eigenvalue weighted by molar-refractivity contribution is 5.74. The zero-order valence-corrected chi connectivity index (χ0v) is 11.5. The standard InChI is InChI=1S/C12H12F5NO4/c1-3-21-8(19)5-6-4-7(10(13)14)18-11(9(6)20-2)22-12(15,16)17/h4,10H,3,5H2,1-2H3.